The topological polar surface area (TPSA) is 99.1 Å². The first kappa shape index (κ1) is 38.0. The van der Waals surface area contributed by atoms with Gasteiger partial charge in [-0.25, -0.2) is 0 Å². The van der Waals surface area contributed by atoms with E-state index in [0.717, 1.165) is 29.8 Å². The molecular formula is C31H48ClN3O4. The molecule has 0 spiro atoms. The van der Waals surface area contributed by atoms with Gasteiger partial charge in [0.2, 0.25) is 12.8 Å². The van der Waals surface area contributed by atoms with E-state index < -0.39 is 11.6 Å². The minimum atomic E-state index is -0.903. The number of rotatable bonds is 14. The molecule has 7 nitrogen and oxygen atoms in total. The Morgan fingerprint density at radius 1 is 1.26 bits per heavy atom. The Bertz CT molecular complexity index is 953. The van der Waals surface area contributed by atoms with Crippen LogP contribution in [0.3, 0.4) is 0 Å². The molecule has 2 N–H and O–H groups in total. The van der Waals surface area contributed by atoms with Crippen molar-refractivity contribution in [3.63, 3.8) is 0 Å². The largest absolute Gasteiger partial charge is 0.481 e. The molecule has 0 saturated carbocycles. The number of halogens is 1. The summed E-state index contributed by atoms with van der Waals surface area (Å²) < 4.78 is 0. The Morgan fingerprint density at radius 3 is 2.28 bits per heavy atom. The van der Waals surface area contributed by atoms with Crippen molar-refractivity contribution < 1.29 is 19.5 Å². The Morgan fingerprint density at radius 2 is 1.90 bits per heavy atom. The number of carbonyl (C=O) groups excluding carboxylic acids is 2. The van der Waals surface area contributed by atoms with E-state index >= 15 is 0 Å². The van der Waals surface area contributed by atoms with Gasteiger partial charge in [-0.2, -0.15) is 0 Å². The van der Waals surface area contributed by atoms with Gasteiger partial charge in [0.05, 0.1) is 12.5 Å². The van der Waals surface area contributed by atoms with E-state index in [9.17, 15) is 14.4 Å². The van der Waals surface area contributed by atoms with Crippen molar-refractivity contribution in [2.75, 3.05) is 6.54 Å². The van der Waals surface area contributed by atoms with Crippen molar-refractivity contribution in [1.82, 2.24) is 10.2 Å². The van der Waals surface area contributed by atoms with Crippen LogP contribution in [-0.2, 0) is 14.4 Å². The highest BCUT2D eigenvalue weighted by Crippen LogP contribution is 2.29. The number of allylic oxidation sites excluding steroid dienone is 3. The number of carboxylic acid groups (broad SMARTS) is 1. The second kappa shape index (κ2) is 21.7. The van der Waals surface area contributed by atoms with Gasteiger partial charge >= 0.3 is 5.97 Å². The normalized spacial score (nSPS) is 13.2. The monoisotopic (exact) mass is 561 g/mol. The standard InChI is InChI=1S/C20H34N2O.C7H7Cl.C4H7NO3/c1-9-16(5)13-14-18(11-3)19(17(6)10-2)22(15-23)20(7,8)21-12-4;1-6-3-2-4-7(8)5-6;6-3-5-2-1-4(7)8/h11-15,17,19H,3,9-10H2,1-2,4-8H3;2-5H,1H3;3H,1-2H2,(H,5,6)(H,7,8)/b16-13-,18-14+,21-12-;;. The molecule has 0 aromatic heterocycles. The first-order valence-corrected chi connectivity index (χ1v) is 13.6. The number of hydrogen-bond donors (Lipinski definition) is 2. The first-order valence-electron chi connectivity index (χ1n) is 13.2. The summed E-state index contributed by atoms with van der Waals surface area (Å²) in [5.41, 5.74) is 2.97. The van der Waals surface area contributed by atoms with Crippen LogP contribution in [-0.4, -0.2) is 53.3 Å². The molecule has 2 amide bonds. The molecule has 8 heteroatoms. The van der Waals surface area contributed by atoms with Gasteiger partial charge in [-0.15, -0.1) is 0 Å². The van der Waals surface area contributed by atoms with Gasteiger partial charge in [0.1, 0.15) is 5.66 Å². The summed E-state index contributed by atoms with van der Waals surface area (Å²) in [6, 6.07) is 7.72. The molecule has 0 aliphatic carbocycles. The molecule has 0 bridgehead atoms. The van der Waals surface area contributed by atoms with E-state index in [1.54, 1.807) is 6.21 Å². The molecule has 0 aliphatic rings. The Labute approximate surface area is 240 Å². The van der Waals surface area contributed by atoms with E-state index in [1.807, 2.05) is 62.9 Å². The van der Waals surface area contributed by atoms with E-state index in [4.69, 9.17) is 16.7 Å². The molecule has 0 heterocycles. The van der Waals surface area contributed by atoms with Gasteiger partial charge in [-0.05, 0) is 76.4 Å². The summed E-state index contributed by atoms with van der Waals surface area (Å²) >= 11 is 5.64. The lowest BCUT2D eigenvalue weighted by atomic mass is 9.88. The summed E-state index contributed by atoms with van der Waals surface area (Å²) in [6.07, 6.45) is 11.2. The molecule has 0 radical (unpaired) electrons. The zero-order chi connectivity index (χ0) is 30.4. The number of carbonyl (C=O) groups is 3. The number of nitrogens with one attached hydrogen (secondary N) is 1. The maximum atomic E-state index is 11.9. The molecule has 1 rings (SSSR count). The van der Waals surface area contributed by atoms with Crippen LogP contribution >= 0.6 is 11.6 Å². The van der Waals surface area contributed by atoms with Gasteiger partial charge in [0, 0.05) is 11.6 Å². The van der Waals surface area contributed by atoms with E-state index in [1.165, 1.54) is 11.1 Å². The van der Waals surface area contributed by atoms with Crippen LogP contribution in [0.15, 0.2) is 65.2 Å². The maximum absolute atomic E-state index is 11.9. The molecule has 0 fully saturated rings. The Balaban J connectivity index is 0. The highest BCUT2D eigenvalue weighted by Gasteiger charge is 2.34. The molecule has 39 heavy (non-hydrogen) atoms. The summed E-state index contributed by atoms with van der Waals surface area (Å²) in [4.78, 5) is 37.4. The predicted octanol–water partition coefficient (Wildman–Crippen LogP) is 7.01. The van der Waals surface area contributed by atoms with Crippen LogP contribution in [0, 0.1) is 12.8 Å². The molecule has 218 valence electrons. The summed E-state index contributed by atoms with van der Waals surface area (Å²) in [5, 5.41) is 11.0. The Hall–Kier alpha value is -3.19. The number of aryl methyl sites for hydroxylation is 1. The fraction of sp³-hybridized carbons (Fsp3) is 0.484. The quantitative estimate of drug-likeness (QED) is 0.110. The van der Waals surface area contributed by atoms with Crippen molar-refractivity contribution in [1.29, 1.82) is 0 Å². The number of hydrogen-bond acceptors (Lipinski definition) is 4. The maximum Gasteiger partial charge on any atom is 0.305 e. The number of aliphatic imine (C=N–C) groups is 1. The van der Waals surface area contributed by atoms with Crippen molar-refractivity contribution in [3.05, 3.63) is 70.8 Å². The minimum Gasteiger partial charge on any atom is -0.481 e. The van der Waals surface area contributed by atoms with Crippen molar-refractivity contribution >= 4 is 36.6 Å². The lowest BCUT2D eigenvalue weighted by Gasteiger charge is -2.42. The SMILES string of the molecule is C=C/C(=C\C=C(\C)CC)C(C(C)CC)N(C=O)C(C)(C)/N=C\C.Cc1cccc(Cl)c1.O=CNCCC(=O)O. The molecule has 2 unspecified atom stereocenters. The summed E-state index contributed by atoms with van der Waals surface area (Å²) in [7, 11) is 0. The minimum absolute atomic E-state index is 0.0151. The number of aliphatic carboxylic acids is 1. The molecule has 2 atom stereocenters. The van der Waals surface area contributed by atoms with Gasteiger partial charge < -0.3 is 15.3 Å². The van der Waals surface area contributed by atoms with Crippen molar-refractivity contribution in [2.24, 2.45) is 10.9 Å². The second-order valence-electron chi connectivity index (χ2n) is 9.48. The smallest absolute Gasteiger partial charge is 0.305 e. The van der Waals surface area contributed by atoms with Crippen molar-refractivity contribution in [2.45, 2.75) is 86.4 Å². The van der Waals surface area contributed by atoms with E-state index in [0.29, 0.717) is 12.3 Å². The van der Waals surface area contributed by atoms with Crippen LogP contribution in [0.5, 0.6) is 0 Å². The van der Waals surface area contributed by atoms with Gasteiger partial charge in [-0.1, -0.05) is 81.3 Å². The zero-order valence-corrected chi connectivity index (χ0v) is 25.7. The zero-order valence-electron chi connectivity index (χ0n) is 24.9. The number of nitrogens with zero attached hydrogens (tertiary/aromatic N) is 2. The van der Waals surface area contributed by atoms with Crippen LogP contribution in [0.25, 0.3) is 0 Å². The fourth-order valence-electron chi connectivity index (χ4n) is 3.39. The number of benzene rings is 1. The fourth-order valence-corrected chi connectivity index (χ4v) is 3.64. The lowest BCUT2D eigenvalue weighted by molar-refractivity contribution is -0.136. The van der Waals surface area contributed by atoms with Gasteiger partial charge in [0.25, 0.3) is 0 Å². The number of carboxylic acids is 1. The molecular weight excluding hydrogens is 514 g/mol. The third-order valence-electron chi connectivity index (χ3n) is 5.91. The van der Waals surface area contributed by atoms with Gasteiger partial charge in [-0.3, -0.25) is 19.4 Å². The average molecular weight is 562 g/mol. The van der Waals surface area contributed by atoms with Crippen LogP contribution < -0.4 is 5.32 Å². The molecule has 1 aromatic carbocycles. The predicted molar refractivity (Wildman–Crippen MR) is 164 cm³/mol. The van der Waals surface area contributed by atoms with Crippen LogP contribution in [0.4, 0.5) is 0 Å². The lowest BCUT2D eigenvalue weighted by Crippen LogP contribution is -2.51. The third kappa shape index (κ3) is 17.1. The van der Waals surface area contributed by atoms with Gasteiger partial charge in [0.15, 0.2) is 0 Å². The third-order valence-corrected chi connectivity index (χ3v) is 6.15. The average Bonchev–Trinajstić information content (AvgIpc) is 2.88. The van der Waals surface area contributed by atoms with Crippen molar-refractivity contribution in [3.8, 4) is 0 Å². The van der Waals surface area contributed by atoms with E-state index in [-0.39, 0.29) is 19.0 Å². The van der Waals surface area contributed by atoms with Crippen LogP contribution in [0.2, 0.25) is 5.02 Å². The van der Waals surface area contributed by atoms with E-state index in [2.05, 4.69) is 56.7 Å². The summed E-state index contributed by atoms with van der Waals surface area (Å²) in [6.45, 7) is 20.6. The highest BCUT2D eigenvalue weighted by molar-refractivity contribution is 6.30. The molecule has 0 saturated heterocycles. The Kier molecular flexibility index (Phi) is 21.1. The number of amides is 2. The summed E-state index contributed by atoms with van der Waals surface area (Å²) in [5.74, 6) is -0.592. The highest BCUT2D eigenvalue weighted by atomic mass is 35.5. The van der Waals surface area contributed by atoms with Crippen LogP contribution in [0.1, 0.15) is 73.3 Å². The molecule has 0 aliphatic heterocycles. The second-order valence-corrected chi connectivity index (χ2v) is 9.91. The molecule has 1 aromatic rings. The first-order chi connectivity index (χ1) is 18.3.